The van der Waals surface area contributed by atoms with Crippen molar-refractivity contribution in [3.8, 4) is 5.75 Å². The predicted molar refractivity (Wildman–Crippen MR) is 171 cm³/mol. The van der Waals surface area contributed by atoms with Crippen LogP contribution in [0, 0.1) is 0 Å². The fourth-order valence-electron chi connectivity index (χ4n) is 5.83. The van der Waals surface area contributed by atoms with E-state index in [0.29, 0.717) is 17.9 Å². The number of imidazole rings is 1. The van der Waals surface area contributed by atoms with Gasteiger partial charge in [0.1, 0.15) is 41.5 Å². The number of fused-ring (bicyclic) bond motifs is 1. The molecule has 2 aromatic heterocycles. The number of halogens is 1. The van der Waals surface area contributed by atoms with Crippen LogP contribution in [0.25, 0.3) is 11.2 Å². The number of hydrogen-bond donors (Lipinski definition) is 4. The highest BCUT2D eigenvalue weighted by Gasteiger charge is 2.58. The Morgan fingerprint density at radius 1 is 1.21 bits per heavy atom. The topological polar surface area (TPSA) is 217 Å². The molecule has 1 aliphatic heterocycles. The minimum absolute atomic E-state index is 0.120. The summed E-state index contributed by atoms with van der Waals surface area (Å²) in [5.74, 6) is -0.276. The smallest absolute Gasteiger partial charge is 0.459 e. The van der Waals surface area contributed by atoms with Crippen molar-refractivity contribution >= 4 is 52.3 Å². The molecule has 3 heterocycles. The van der Waals surface area contributed by atoms with Crippen LogP contribution in [0.1, 0.15) is 51.7 Å². The molecule has 0 bridgehead atoms. The normalized spacial score (nSPS) is 26.8. The molecule has 3 aliphatic rings. The summed E-state index contributed by atoms with van der Waals surface area (Å²) in [5.41, 5.74) is -2.88. The molecule has 2 saturated carbocycles. The monoisotopic (exact) mass is 729 g/mol. The maximum atomic E-state index is 14.3. The number of aromatic nitrogens is 4. The molecular formula is C28H37ClN7O10PS. The zero-order chi connectivity index (χ0) is 34.5. The number of esters is 1. The highest BCUT2D eigenvalue weighted by atomic mass is 35.5. The number of carbonyl (C=O) groups is 1. The number of ether oxygens (including phenoxy) is 2. The van der Waals surface area contributed by atoms with Gasteiger partial charge in [0.25, 0.3) is 0 Å². The number of rotatable bonds is 13. The molecule has 20 heteroatoms. The predicted octanol–water partition coefficient (Wildman–Crippen LogP) is 2.20. The Hall–Kier alpha value is -2.93. The lowest BCUT2D eigenvalue weighted by molar-refractivity contribution is -0.152. The fourth-order valence-corrected chi connectivity index (χ4v) is 8.29. The summed E-state index contributed by atoms with van der Waals surface area (Å²) in [4.78, 5) is 28.1. The molecule has 3 unspecified atom stereocenters. The third kappa shape index (κ3) is 7.32. The van der Waals surface area contributed by atoms with Crippen LogP contribution in [0.15, 0.2) is 36.9 Å². The Morgan fingerprint density at radius 2 is 1.90 bits per heavy atom. The number of aliphatic hydroxyl groups is 2. The molecule has 1 saturated heterocycles. The molecule has 0 radical (unpaired) electrons. The van der Waals surface area contributed by atoms with E-state index in [1.165, 1.54) is 55.5 Å². The standard InChI is InChI=1S/C28H37ClN7O10PS/c1-27(39)22(37)20(45-25(27)36-16-32-21-23(30-15-31-24(21)36)35(2)34-48(3,41)42)14-43-47(40,46-19-10-8-17(29)9-11-19)33-28(12-13-28)26(38)44-18-6-4-5-7-18/h8-11,15-16,18,20,22,25,34,37,39H,4-7,12-14H2,1-3H3,(H,33,40)/t20?,22-,25?,27-,47?/m1/s1. The second-order valence-corrected chi connectivity index (χ2v) is 16.3. The van der Waals surface area contributed by atoms with Crippen molar-refractivity contribution in [1.82, 2.24) is 29.4 Å². The summed E-state index contributed by atoms with van der Waals surface area (Å²) in [6.07, 6.45) is 3.33. The van der Waals surface area contributed by atoms with Gasteiger partial charge in [0.05, 0.1) is 19.2 Å². The molecule has 262 valence electrons. The fraction of sp³-hybridized carbons (Fsp3) is 0.571. The molecule has 17 nitrogen and oxygen atoms in total. The summed E-state index contributed by atoms with van der Waals surface area (Å²) in [6, 6.07) is 6.05. The Balaban J connectivity index is 1.22. The van der Waals surface area contributed by atoms with Crippen LogP contribution in [0.5, 0.6) is 5.75 Å². The SMILES string of the molecule is CN(NS(C)(=O)=O)c1ncnc2c1ncn2C1OC(COP(=O)(NC2(C(=O)OC3CCCC3)CC2)Oc2ccc(Cl)cc2)[C@@H](O)[C@@]1(C)O. The zero-order valence-corrected chi connectivity index (χ0v) is 28.8. The van der Waals surface area contributed by atoms with Gasteiger partial charge in [0, 0.05) is 12.1 Å². The number of hydrazine groups is 1. The summed E-state index contributed by atoms with van der Waals surface area (Å²) in [7, 11) is -6.57. The molecule has 0 spiro atoms. The maximum absolute atomic E-state index is 14.3. The second-order valence-electron chi connectivity index (χ2n) is 12.5. The van der Waals surface area contributed by atoms with Crippen LogP contribution in [0.2, 0.25) is 5.02 Å². The zero-order valence-electron chi connectivity index (χ0n) is 26.4. The number of nitrogens with zero attached hydrogens (tertiary/aromatic N) is 5. The Kier molecular flexibility index (Phi) is 9.51. The average molecular weight is 730 g/mol. The van der Waals surface area contributed by atoms with Crippen molar-refractivity contribution in [3.63, 3.8) is 0 Å². The van der Waals surface area contributed by atoms with E-state index in [1.54, 1.807) is 0 Å². The Labute approximate surface area is 281 Å². The van der Waals surface area contributed by atoms with Crippen molar-refractivity contribution in [2.24, 2.45) is 0 Å². The van der Waals surface area contributed by atoms with E-state index in [9.17, 15) is 28.0 Å². The van der Waals surface area contributed by atoms with Gasteiger partial charge in [0.15, 0.2) is 23.2 Å². The Morgan fingerprint density at radius 3 is 2.54 bits per heavy atom. The van der Waals surface area contributed by atoms with E-state index in [4.69, 9.17) is 30.1 Å². The molecule has 3 fully saturated rings. The van der Waals surface area contributed by atoms with E-state index in [2.05, 4.69) is 24.9 Å². The van der Waals surface area contributed by atoms with Gasteiger partial charge >= 0.3 is 13.7 Å². The largest absolute Gasteiger partial charge is 0.461 e. The van der Waals surface area contributed by atoms with Crippen LogP contribution >= 0.6 is 19.3 Å². The third-order valence-corrected chi connectivity index (χ3v) is 11.0. The van der Waals surface area contributed by atoms with E-state index < -0.39 is 59.9 Å². The number of benzene rings is 1. The van der Waals surface area contributed by atoms with Crippen LogP contribution in [0.3, 0.4) is 0 Å². The lowest BCUT2D eigenvalue weighted by Gasteiger charge is -2.28. The van der Waals surface area contributed by atoms with Crippen molar-refractivity contribution in [1.29, 1.82) is 0 Å². The number of anilines is 1. The minimum Gasteiger partial charge on any atom is -0.461 e. The van der Waals surface area contributed by atoms with Crippen LogP contribution in [-0.2, 0) is 33.4 Å². The first-order chi connectivity index (χ1) is 22.6. The van der Waals surface area contributed by atoms with Gasteiger partial charge in [0.2, 0.25) is 10.0 Å². The van der Waals surface area contributed by atoms with Crippen molar-refractivity contribution < 1.29 is 46.5 Å². The molecule has 48 heavy (non-hydrogen) atoms. The lowest BCUT2D eigenvalue weighted by atomic mass is 9.96. The quantitative estimate of drug-likeness (QED) is 0.113. The van der Waals surface area contributed by atoms with Gasteiger partial charge in [-0.05, 0) is 69.7 Å². The van der Waals surface area contributed by atoms with E-state index in [1.807, 2.05) is 0 Å². The van der Waals surface area contributed by atoms with E-state index in [0.717, 1.165) is 36.9 Å². The van der Waals surface area contributed by atoms with Gasteiger partial charge in [-0.2, -0.15) is 5.09 Å². The molecular weight excluding hydrogens is 693 g/mol. The van der Waals surface area contributed by atoms with E-state index in [-0.39, 0.29) is 28.8 Å². The summed E-state index contributed by atoms with van der Waals surface area (Å²) in [5, 5.41) is 27.0. The van der Waals surface area contributed by atoms with Gasteiger partial charge in [-0.3, -0.25) is 18.9 Å². The van der Waals surface area contributed by atoms with Crippen molar-refractivity contribution in [3.05, 3.63) is 41.9 Å². The summed E-state index contributed by atoms with van der Waals surface area (Å²) in [6.45, 7) is 0.807. The molecule has 4 N–H and O–H groups in total. The Bertz CT molecular complexity index is 1820. The highest BCUT2D eigenvalue weighted by Crippen LogP contribution is 2.53. The molecule has 6 rings (SSSR count). The first-order valence-corrected chi connectivity index (χ1v) is 19.1. The third-order valence-electron chi connectivity index (χ3n) is 8.48. The van der Waals surface area contributed by atoms with Crippen molar-refractivity contribution in [2.45, 2.75) is 81.1 Å². The number of hydrogen-bond acceptors (Lipinski definition) is 14. The average Bonchev–Trinajstić information content (AvgIpc) is 3.31. The van der Waals surface area contributed by atoms with Crippen molar-refractivity contribution in [2.75, 3.05) is 24.9 Å². The molecule has 2 aliphatic carbocycles. The first-order valence-electron chi connectivity index (χ1n) is 15.2. The summed E-state index contributed by atoms with van der Waals surface area (Å²) < 4.78 is 62.6. The molecule has 5 atom stereocenters. The number of carbonyl (C=O) groups excluding carboxylic acids is 1. The second kappa shape index (κ2) is 13.1. The van der Waals surface area contributed by atoms with Gasteiger partial charge in [-0.1, -0.05) is 11.6 Å². The summed E-state index contributed by atoms with van der Waals surface area (Å²) >= 11 is 6.01. The number of nitrogens with one attached hydrogen (secondary N) is 2. The van der Waals surface area contributed by atoms with Crippen LogP contribution < -0.4 is 19.5 Å². The van der Waals surface area contributed by atoms with Crippen LogP contribution in [0.4, 0.5) is 5.82 Å². The molecule has 1 aromatic carbocycles. The van der Waals surface area contributed by atoms with E-state index >= 15 is 0 Å². The maximum Gasteiger partial charge on any atom is 0.459 e. The van der Waals surface area contributed by atoms with Gasteiger partial charge < -0.3 is 24.2 Å². The van der Waals surface area contributed by atoms with Gasteiger partial charge in [-0.15, -0.1) is 4.83 Å². The molecule has 0 amide bonds. The number of aliphatic hydroxyl groups excluding tert-OH is 1. The van der Waals surface area contributed by atoms with Gasteiger partial charge in [-0.25, -0.2) is 27.9 Å². The first kappa shape index (κ1) is 34.9. The number of sulfonamides is 1. The minimum atomic E-state index is -4.36. The van der Waals surface area contributed by atoms with Crippen LogP contribution in [-0.4, -0.2) is 93.5 Å². The molecule has 3 aromatic rings. The highest BCUT2D eigenvalue weighted by molar-refractivity contribution is 7.88. The lowest BCUT2D eigenvalue weighted by Crippen LogP contribution is -2.45.